The van der Waals surface area contributed by atoms with Crippen LogP contribution in [0.25, 0.3) is 0 Å². The van der Waals surface area contributed by atoms with Crippen molar-refractivity contribution in [2.24, 2.45) is 5.73 Å². The van der Waals surface area contributed by atoms with Gasteiger partial charge in [-0.2, -0.15) is 4.80 Å². The summed E-state index contributed by atoms with van der Waals surface area (Å²) in [6.07, 6.45) is 1.44. The van der Waals surface area contributed by atoms with Crippen LogP contribution < -0.4 is 10.5 Å². The third-order valence-corrected chi connectivity index (χ3v) is 3.23. The quantitative estimate of drug-likeness (QED) is 0.758. The van der Waals surface area contributed by atoms with Gasteiger partial charge in [-0.25, -0.2) is 4.39 Å². The predicted octanol–water partition coefficient (Wildman–Crippen LogP) is 1.53. The lowest BCUT2D eigenvalue weighted by Gasteiger charge is -2.07. The molecule has 9 heteroatoms. The molecule has 0 bridgehead atoms. The summed E-state index contributed by atoms with van der Waals surface area (Å²) in [4.78, 5) is 12.1. The topological polar surface area (TPSA) is 95.9 Å². The zero-order valence-electron chi connectivity index (χ0n) is 11.0. The summed E-state index contributed by atoms with van der Waals surface area (Å²) in [6, 6.07) is 4.27. The number of aryl methyl sites for hydroxylation is 1. The van der Waals surface area contributed by atoms with Gasteiger partial charge in [0, 0.05) is 6.07 Å². The number of carbonyl (C=O) groups excluding carboxylic acids is 1. The molecule has 0 saturated carbocycles. The first-order chi connectivity index (χ1) is 10.1. The Balaban J connectivity index is 1.72. The van der Waals surface area contributed by atoms with Crippen LogP contribution in [0.4, 0.5) is 4.39 Å². The van der Waals surface area contributed by atoms with Crippen molar-refractivity contribution in [2.75, 3.05) is 6.61 Å². The van der Waals surface area contributed by atoms with Crippen LogP contribution in [0.15, 0.2) is 22.7 Å². The molecule has 1 aromatic carbocycles. The fraction of sp³-hybridized carbons (Fsp3) is 0.333. The molecule has 2 N–H and O–H groups in total. The van der Waals surface area contributed by atoms with E-state index in [0.29, 0.717) is 23.4 Å². The summed E-state index contributed by atoms with van der Waals surface area (Å²) in [5, 5.41) is 11.0. The van der Waals surface area contributed by atoms with Gasteiger partial charge in [0.05, 0.1) is 17.6 Å². The third-order valence-electron chi connectivity index (χ3n) is 2.58. The number of nitrogens with zero attached hydrogens (tertiary/aromatic N) is 4. The number of tetrazole rings is 1. The fourth-order valence-corrected chi connectivity index (χ4v) is 1.92. The zero-order chi connectivity index (χ0) is 15.2. The first kappa shape index (κ1) is 15.4. The van der Waals surface area contributed by atoms with E-state index in [0.717, 1.165) is 12.8 Å². The van der Waals surface area contributed by atoms with Gasteiger partial charge in [0.1, 0.15) is 11.6 Å². The first-order valence-electron chi connectivity index (χ1n) is 6.22. The molecule has 1 heterocycles. The molecular formula is C12H13BrFN5O2. The van der Waals surface area contributed by atoms with E-state index < -0.39 is 5.91 Å². The Labute approximate surface area is 128 Å². The van der Waals surface area contributed by atoms with Gasteiger partial charge in [0.2, 0.25) is 0 Å². The maximum Gasteiger partial charge on any atom is 0.290 e. The van der Waals surface area contributed by atoms with Crippen molar-refractivity contribution in [1.82, 2.24) is 20.2 Å². The number of amides is 1. The van der Waals surface area contributed by atoms with Gasteiger partial charge in [-0.1, -0.05) is 0 Å². The monoisotopic (exact) mass is 357 g/mol. The minimum atomic E-state index is -0.708. The van der Waals surface area contributed by atoms with E-state index >= 15 is 0 Å². The van der Waals surface area contributed by atoms with Gasteiger partial charge in [0.25, 0.3) is 11.7 Å². The normalized spacial score (nSPS) is 10.6. The Morgan fingerprint density at radius 3 is 2.95 bits per heavy atom. The summed E-state index contributed by atoms with van der Waals surface area (Å²) in [5.41, 5.74) is 5.02. The van der Waals surface area contributed by atoms with Crippen molar-refractivity contribution in [3.05, 3.63) is 34.3 Å². The van der Waals surface area contributed by atoms with E-state index in [9.17, 15) is 9.18 Å². The van der Waals surface area contributed by atoms with Crippen molar-refractivity contribution in [3.63, 3.8) is 0 Å². The van der Waals surface area contributed by atoms with Gasteiger partial charge in [-0.15, -0.1) is 10.2 Å². The Morgan fingerprint density at radius 2 is 2.24 bits per heavy atom. The molecule has 2 aromatic rings. The van der Waals surface area contributed by atoms with Gasteiger partial charge < -0.3 is 10.5 Å². The van der Waals surface area contributed by atoms with Crippen LogP contribution in [0.2, 0.25) is 0 Å². The number of unbranched alkanes of at least 4 members (excludes halogenated alkanes) is 1. The average molecular weight is 358 g/mol. The van der Waals surface area contributed by atoms with Crippen LogP contribution in [0, 0.1) is 5.82 Å². The highest BCUT2D eigenvalue weighted by atomic mass is 79.9. The molecule has 1 aromatic heterocycles. The Morgan fingerprint density at radius 1 is 1.43 bits per heavy atom. The Bertz CT molecular complexity index is 634. The van der Waals surface area contributed by atoms with Gasteiger partial charge >= 0.3 is 0 Å². The van der Waals surface area contributed by atoms with Crippen LogP contribution in [0.3, 0.4) is 0 Å². The summed E-state index contributed by atoms with van der Waals surface area (Å²) in [7, 11) is 0. The average Bonchev–Trinajstić information content (AvgIpc) is 2.91. The van der Waals surface area contributed by atoms with E-state index in [1.54, 1.807) is 6.07 Å². The number of halogens is 2. The number of primary amides is 1. The molecule has 0 fully saturated rings. The second kappa shape index (κ2) is 7.11. The maximum absolute atomic E-state index is 13.0. The number of hydrogen-bond donors (Lipinski definition) is 1. The summed E-state index contributed by atoms with van der Waals surface area (Å²) in [6.45, 7) is 0.924. The lowest BCUT2D eigenvalue weighted by atomic mass is 10.3. The number of nitrogens with two attached hydrogens (primary N) is 1. The van der Waals surface area contributed by atoms with Crippen molar-refractivity contribution in [3.8, 4) is 5.75 Å². The molecule has 0 aliphatic carbocycles. The molecule has 0 saturated heterocycles. The largest absolute Gasteiger partial charge is 0.492 e. The van der Waals surface area contributed by atoms with Crippen LogP contribution >= 0.6 is 15.9 Å². The van der Waals surface area contributed by atoms with Crippen molar-refractivity contribution in [1.29, 1.82) is 0 Å². The molecule has 0 aliphatic rings. The molecular weight excluding hydrogens is 345 g/mol. The second-order valence-electron chi connectivity index (χ2n) is 4.20. The van der Waals surface area contributed by atoms with E-state index in [1.165, 1.54) is 16.9 Å². The number of aromatic nitrogens is 4. The van der Waals surface area contributed by atoms with Gasteiger partial charge in [-0.3, -0.25) is 4.79 Å². The number of hydrogen-bond acceptors (Lipinski definition) is 5. The molecule has 7 nitrogen and oxygen atoms in total. The third kappa shape index (κ3) is 4.48. The molecule has 0 unspecified atom stereocenters. The summed E-state index contributed by atoms with van der Waals surface area (Å²) < 4.78 is 19.2. The van der Waals surface area contributed by atoms with Crippen LogP contribution in [0.5, 0.6) is 5.75 Å². The molecule has 0 spiro atoms. The molecule has 0 radical (unpaired) electrons. The number of carbonyl (C=O) groups is 1. The van der Waals surface area contributed by atoms with Crippen molar-refractivity contribution < 1.29 is 13.9 Å². The smallest absolute Gasteiger partial charge is 0.290 e. The zero-order valence-corrected chi connectivity index (χ0v) is 12.6. The number of rotatable bonds is 7. The number of ether oxygens (including phenoxy) is 1. The van der Waals surface area contributed by atoms with E-state index in [2.05, 4.69) is 31.3 Å². The summed E-state index contributed by atoms with van der Waals surface area (Å²) >= 11 is 3.28. The summed E-state index contributed by atoms with van der Waals surface area (Å²) in [5.74, 6) is -0.695. The molecule has 1 amide bonds. The molecule has 2 rings (SSSR count). The van der Waals surface area contributed by atoms with Gasteiger partial charge in [-0.05, 0) is 46.1 Å². The van der Waals surface area contributed by atoms with E-state index in [1.807, 2.05) is 0 Å². The van der Waals surface area contributed by atoms with E-state index in [-0.39, 0.29) is 11.6 Å². The standard InChI is InChI=1S/C12H13BrFN5O2/c13-9-4-3-8(14)7-10(9)21-6-2-1-5-19-17-12(11(15)20)16-18-19/h3-4,7H,1-2,5-6H2,(H2,15,20). The van der Waals surface area contributed by atoms with Crippen molar-refractivity contribution in [2.45, 2.75) is 19.4 Å². The Kier molecular flexibility index (Phi) is 5.20. The van der Waals surface area contributed by atoms with Crippen LogP contribution in [-0.4, -0.2) is 32.7 Å². The Hall–Kier alpha value is -2.03. The molecule has 0 aliphatic heterocycles. The second-order valence-corrected chi connectivity index (χ2v) is 5.06. The molecule has 0 atom stereocenters. The van der Waals surface area contributed by atoms with Crippen LogP contribution in [0.1, 0.15) is 23.5 Å². The predicted molar refractivity (Wildman–Crippen MR) is 75.2 cm³/mol. The van der Waals surface area contributed by atoms with Crippen LogP contribution in [-0.2, 0) is 6.54 Å². The lowest BCUT2D eigenvalue weighted by Crippen LogP contribution is -2.13. The maximum atomic E-state index is 13.0. The number of benzene rings is 1. The van der Waals surface area contributed by atoms with Gasteiger partial charge in [0.15, 0.2) is 0 Å². The fourth-order valence-electron chi connectivity index (χ4n) is 1.56. The minimum Gasteiger partial charge on any atom is -0.492 e. The SMILES string of the molecule is NC(=O)c1nnn(CCCCOc2cc(F)ccc2Br)n1. The van der Waals surface area contributed by atoms with Crippen molar-refractivity contribution >= 4 is 21.8 Å². The highest BCUT2D eigenvalue weighted by Gasteiger charge is 2.08. The highest BCUT2D eigenvalue weighted by Crippen LogP contribution is 2.25. The highest BCUT2D eigenvalue weighted by molar-refractivity contribution is 9.10. The first-order valence-corrected chi connectivity index (χ1v) is 7.01. The van der Waals surface area contributed by atoms with E-state index in [4.69, 9.17) is 10.5 Å². The molecule has 112 valence electrons. The minimum absolute atomic E-state index is 0.102. The molecule has 21 heavy (non-hydrogen) atoms. The lowest BCUT2D eigenvalue weighted by molar-refractivity contribution is 0.0990.